The van der Waals surface area contributed by atoms with Crippen molar-refractivity contribution in [1.82, 2.24) is 5.32 Å². The van der Waals surface area contributed by atoms with Crippen molar-refractivity contribution in [2.45, 2.75) is 12.8 Å². The summed E-state index contributed by atoms with van der Waals surface area (Å²) in [5, 5.41) is 6.49. The highest BCUT2D eigenvalue weighted by Gasteiger charge is 2.15. The average Bonchev–Trinajstić information content (AvgIpc) is 2.26. The SMILES string of the molecule is [N-]=[N+]=NCC1CCNCC(=O)C1. The maximum Gasteiger partial charge on any atom is 0.146 e. The quantitative estimate of drug-likeness (QED) is 0.377. The molecule has 0 aromatic rings. The molecule has 1 rings (SSSR count). The Bertz CT molecular complexity index is 209. The van der Waals surface area contributed by atoms with Gasteiger partial charge in [0, 0.05) is 17.9 Å². The molecule has 1 heterocycles. The van der Waals surface area contributed by atoms with E-state index in [1.807, 2.05) is 0 Å². The van der Waals surface area contributed by atoms with Gasteiger partial charge >= 0.3 is 0 Å². The Morgan fingerprint density at radius 1 is 1.75 bits per heavy atom. The zero-order valence-electron chi connectivity index (χ0n) is 6.86. The Morgan fingerprint density at radius 3 is 3.33 bits per heavy atom. The molecule has 1 aliphatic rings. The molecule has 1 fully saturated rings. The predicted molar refractivity (Wildman–Crippen MR) is 44.6 cm³/mol. The van der Waals surface area contributed by atoms with Gasteiger partial charge in [0.2, 0.25) is 0 Å². The van der Waals surface area contributed by atoms with E-state index in [2.05, 4.69) is 15.3 Å². The molecule has 0 amide bonds. The minimum absolute atomic E-state index is 0.214. The highest BCUT2D eigenvalue weighted by atomic mass is 16.1. The van der Waals surface area contributed by atoms with E-state index in [4.69, 9.17) is 5.53 Å². The van der Waals surface area contributed by atoms with E-state index in [0.29, 0.717) is 19.5 Å². The number of nitrogens with zero attached hydrogens (tertiary/aromatic N) is 3. The molecule has 0 radical (unpaired) electrons. The molecule has 5 heteroatoms. The molecule has 1 unspecified atom stereocenters. The molecule has 0 spiro atoms. The van der Waals surface area contributed by atoms with Crippen molar-refractivity contribution >= 4 is 5.78 Å². The van der Waals surface area contributed by atoms with Crippen LogP contribution in [-0.2, 0) is 4.79 Å². The second-order valence-corrected chi connectivity index (χ2v) is 2.99. The van der Waals surface area contributed by atoms with Crippen LogP contribution in [-0.4, -0.2) is 25.4 Å². The highest BCUT2D eigenvalue weighted by Crippen LogP contribution is 2.11. The zero-order chi connectivity index (χ0) is 8.81. The Hall–Kier alpha value is -1.06. The summed E-state index contributed by atoms with van der Waals surface area (Å²) in [4.78, 5) is 13.7. The van der Waals surface area contributed by atoms with Crippen molar-refractivity contribution in [3.05, 3.63) is 10.4 Å². The summed E-state index contributed by atoms with van der Waals surface area (Å²) >= 11 is 0. The van der Waals surface area contributed by atoms with Gasteiger partial charge in [-0.25, -0.2) is 0 Å². The molecule has 0 saturated carbocycles. The Morgan fingerprint density at radius 2 is 2.58 bits per heavy atom. The molecule has 1 aliphatic heterocycles. The Kier molecular flexibility index (Phi) is 3.57. The standard InChI is InChI=1S/C7H12N4O/c8-11-10-4-6-1-2-9-5-7(12)3-6/h6,9H,1-5H2. The summed E-state index contributed by atoms with van der Waals surface area (Å²) in [5.41, 5.74) is 8.09. The molecular weight excluding hydrogens is 156 g/mol. The van der Waals surface area contributed by atoms with Gasteiger partial charge < -0.3 is 5.32 Å². The predicted octanol–water partition coefficient (Wildman–Crippen LogP) is 0.865. The topological polar surface area (TPSA) is 77.9 Å². The number of nitrogens with one attached hydrogen (secondary N) is 1. The summed E-state index contributed by atoms with van der Waals surface area (Å²) in [5.74, 6) is 0.453. The fraction of sp³-hybridized carbons (Fsp3) is 0.857. The van der Waals surface area contributed by atoms with E-state index in [0.717, 1.165) is 13.0 Å². The van der Waals surface area contributed by atoms with E-state index in [-0.39, 0.29) is 11.7 Å². The Labute approximate surface area is 70.8 Å². The first kappa shape index (κ1) is 9.03. The minimum Gasteiger partial charge on any atom is -0.310 e. The van der Waals surface area contributed by atoms with Gasteiger partial charge in [-0.05, 0) is 24.4 Å². The summed E-state index contributed by atoms with van der Waals surface area (Å²) in [7, 11) is 0. The van der Waals surface area contributed by atoms with E-state index in [9.17, 15) is 4.79 Å². The third-order valence-electron chi connectivity index (χ3n) is 1.97. The van der Waals surface area contributed by atoms with Crippen LogP contribution < -0.4 is 5.32 Å². The molecule has 0 aromatic carbocycles. The van der Waals surface area contributed by atoms with Gasteiger partial charge in [0.05, 0.1) is 6.54 Å². The van der Waals surface area contributed by atoms with E-state index in [1.165, 1.54) is 0 Å². The summed E-state index contributed by atoms with van der Waals surface area (Å²) in [6.07, 6.45) is 1.47. The lowest BCUT2D eigenvalue weighted by molar-refractivity contribution is -0.118. The van der Waals surface area contributed by atoms with Crippen molar-refractivity contribution in [3.63, 3.8) is 0 Å². The van der Waals surface area contributed by atoms with Crippen LogP contribution in [0.1, 0.15) is 12.8 Å². The average molecular weight is 168 g/mol. The first-order chi connectivity index (χ1) is 5.83. The van der Waals surface area contributed by atoms with Gasteiger partial charge in [-0.1, -0.05) is 5.11 Å². The fourth-order valence-corrected chi connectivity index (χ4v) is 1.34. The monoisotopic (exact) mass is 168 g/mol. The van der Waals surface area contributed by atoms with Crippen LogP contribution in [0.3, 0.4) is 0 Å². The summed E-state index contributed by atoms with van der Waals surface area (Å²) in [6, 6.07) is 0. The molecule has 12 heavy (non-hydrogen) atoms. The van der Waals surface area contributed by atoms with Crippen LogP contribution in [0.5, 0.6) is 0 Å². The van der Waals surface area contributed by atoms with Gasteiger partial charge in [0.1, 0.15) is 5.78 Å². The third kappa shape index (κ3) is 2.90. The normalized spacial score (nSPS) is 24.3. The van der Waals surface area contributed by atoms with Crippen molar-refractivity contribution < 1.29 is 4.79 Å². The molecule has 5 nitrogen and oxygen atoms in total. The highest BCUT2D eigenvalue weighted by molar-refractivity contribution is 5.80. The second kappa shape index (κ2) is 4.74. The molecule has 66 valence electrons. The first-order valence-electron chi connectivity index (χ1n) is 4.06. The van der Waals surface area contributed by atoms with Crippen LogP contribution in [0, 0.1) is 5.92 Å². The van der Waals surface area contributed by atoms with Crippen molar-refractivity contribution in [3.8, 4) is 0 Å². The molecule has 1 atom stereocenters. The number of Topliss-reactive ketones (excluding diaryl/α,β-unsaturated/α-hetero) is 1. The number of azide groups is 1. The van der Waals surface area contributed by atoms with E-state index >= 15 is 0 Å². The molecular formula is C7H12N4O. The number of carbonyl (C=O) groups is 1. The number of hydrogen-bond donors (Lipinski definition) is 1. The maximum atomic E-state index is 11.1. The number of ketones is 1. The van der Waals surface area contributed by atoms with Gasteiger partial charge in [-0.15, -0.1) is 0 Å². The molecule has 0 aromatic heterocycles. The van der Waals surface area contributed by atoms with E-state index < -0.39 is 0 Å². The smallest absolute Gasteiger partial charge is 0.146 e. The van der Waals surface area contributed by atoms with Crippen LogP contribution in [0.25, 0.3) is 10.4 Å². The van der Waals surface area contributed by atoms with Crippen LogP contribution >= 0.6 is 0 Å². The van der Waals surface area contributed by atoms with Crippen molar-refractivity contribution in [1.29, 1.82) is 0 Å². The summed E-state index contributed by atoms with van der Waals surface area (Å²) in [6.45, 7) is 1.76. The van der Waals surface area contributed by atoms with Crippen LogP contribution in [0.4, 0.5) is 0 Å². The van der Waals surface area contributed by atoms with Crippen LogP contribution in [0.2, 0.25) is 0 Å². The van der Waals surface area contributed by atoms with Gasteiger partial charge in [0.15, 0.2) is 0 Å². The number of hydrogen-bond acceptors (Lipinski definition) is 3. The summed E-state index contributed by atoms with van der Waals surface area (Å²) < 4.78 is 0. The molecule has 0 aliphatic carbocycles. The molecule has 1 saturated heterocycles. The van der Waals surface area contributed by atoms with Gasteiger partial charge in [0.25, 0.3) is 0 Å². The lowest BCUT2D eigenvalue weighted by Gasteiger charge is -2.07. The third-order valence-corrected chi connectivity index (χ3v) is 1.97. The minimum atomic E-state index is 0.214. The van der Waals surface area contributed by atoms with E-state index in [1.54, 1.807) is 0 Å². The maximum absolute atomic E-state index is 11.1. The molecule has 1 N–H and O–H groups in total. The lowest BCUT2D eigenvalue weighted by atomic mass is 10.0. The lowest BCUT2D eigenvalue weighted by Crippen LogP contribution is -2.19. The van der Waals surface area contributed by atoms with Crippen molar-refractivity contribution in [2.75, 3.05) is 19.6 Å². The second-order valence-electron chi connectivity index (χ2n) is 2.99. The zero-order valence-corrected chi connectivity index (χ0v) is 6.86. The van der Waals surface area contributed by atoms with Crippen molar-refractivity contribution in [2.24, 2.45) is 11.0 Å². The Balaban J connectivity index is 2.40. The number of rotatable bonds is 2. The van der Waals surface area contributed by atoms with Crippen LogP contribution in [0.15, 0.2) is 5.11 Å². The van der Waals surface area contributed by atoms with Gasteiger partial charge in [-0.3, -0.25) is 4.79 Å². The van der Waals surface area contributed by atoms with Gasteiger partial charge in [-0.2, -0.15) is 0 Å². The number of carbonyl (C=O) groups excluding carboxylic acids is 1. The first-order valence-corrected chi connectivity index (χ1v) is 4.06. The largest absolute Gasteiger partial charge is 0.310 e. The molecule has 0 bridgehead atoms. The fourth-order valence-electron chi connectivity index (χ4n) is 1.34.